The molecule has 2 N–H and O–H groups in total. The van der Waals surface area contributed by atoms with Gasteiger partial charge < -0.3 is 19.5 Å². The first kappa shape index (κ1) is 19.5. The fourth-order valence-corrected chi connectivity index (χ4v) is 2.70. The highest BCUT2D eigenvalue weighted by molar-refractivity contribution is 7.80. The van der Waals surface area contributed by atoms with Crippen LogP contribution in [0.25, 0.3) is 0 Å². The number of nitrogens with zero attached hydrogens (tertiary/aromatic N) is 1. The third kappa shape index (κ3) is 6.17. The number of hydrogen-bond donors (Lipinski definition) is 2. The first-order valence-corrected chi connectivity index (χ1v) is 9.14. The summed E-state index contributed by atoms with van der Waals surface area (Å²) in [4.78, 5) is 0. The Morgan fingerprint density at radius 3 is 2.80 bits per heavy atom. The standard InChI is InChI=1S/C18H27N3O3S/c1-4-22-14-8-9-17(23-5-2)16(11-14)13(3)20-21-18(25)19-12-15-7-6-10-24-15/h8-9,11,15H,4-7,10,12H2,1-3H3,(H2,19,21,25)/b20-13-/t15-/m1/s1. The minimum absolute atomic E-state index is 0.234. The van der Waals surface area contributed by atoms with Crippen molar-refractivity contribution in [2.45, 2.75) is 39.7 Å². The molecule has 138 valence electrons. The lowest BCUT2D eigenvalue weighted by molar-refractivity contribution is 0.114. The number of ether oxygens (including phenoxy) is 3. The number of thiocarbonyl (C=S) groups is 1. The quantitative estimate of drug-likeness (QED) is 0.420. The van der Waals surface area contributed by atoms with Gasteiger partial charge in [0, 0.05) is 18.7 Å². The van der Waals surface area contributed by atoms with Gasteiger partial charge in [-0.25, -0.2) is 0 Å². The fourth-order valence-electron chi connectivity index (χ4n) is 2.58. The number of benzene rings is 1. The summed E-state index contributed by atoms with van der Waals surface area (Å²) in [6.45, 7) is 8.54. The van der Waals surface area contributed by atoms with E-state index in [0.29, 0.717) is 24.9 Å². The van der Waals surface area contributed by atoms with E-state index in [0.717, 1.165) is 42.2 Å². The molecule has 1 heterocycles. The van der Waals surface area contributed by atoms with Crippen molar-refractivity contribution in [3.8, 4) is 11.5 Å². The second kappa shape index (κ2) is 10.2. The Hall–Kier alpha value is -1.86. The van der Waals surface area contributed by atoms with Crippen LogP contribution in [-0.4, -0.2) is 43.3 Å². The number of nitrogens with one attached hydrogen (secondary N) is 2. The van der Waals surface area contributed by atoms with E-state index < -0.39 is 0 Å². The smallest absolute Gasteiger partial charge is 0.187 e. The summed E-state index contributed by atoms with van der Waals surface area (Å²) >= 11 is 5.27. The topological polar surface area (TPSA) is 64.1 Å². The zero-order chi connectivity index (χ0) is 18.1. The normalized spacial score (nSPS) is 17.2. The summed E-state index contributed by atoms with van der Waals surface area (Å²) in [5.41, 5.74) is 4.53. The highest BCUT2D eigenvalue weighted by atomic mass is 32.1. The molecule has 1 aromatic rings. The summed E-state index contributed by atoms with van der Waals surface area (Å²) < 4.78 is 16.8. The molecule has 1 aromatic carbocycles. The molecule has 6 nitrogen and oxygen atoms in total. The average molecular weight is 365 g/mol. The van der Waals surface area contributed by atoms with Crippen LogP contribution in [0.2, 0.25) is 0 Å². The summed E-state index contributed by atoms with van der Waals surface area (Å²) in [5, 5.41) is 7.99. The van der Waals surface area contributed by atoms with E-state index in [9.17, 15) is 0 Å². The molecule has 25 heavy (non-hydrogen) atoms. The van der Waals surface area contributed by atoms with Gasteiger partial charge >= 0.3 is 0 Å². The number of hydrogen-bond acceptors (Lipinski definition) is 5. The van der Waals surface area contributed by atoms with Crippen molar-refractivity contribution in [1.82, 2.24) is 10.7 Å². The van der Waals surface area contributed by atoms with Crippen molar-refractivity contribution in [2.75, 3.05) is 26.4 Å². The van der Waals surface area contributed by atoms with Crippen LogP contribution < -0.4 is 20.2 Å². The Labute approximate surface area is 154 Å². The van der Waals surface area contributed by atoms with E-state index in [1.54, 1.807) is 0 Å². The third-order valence-corrected chi connectivity index (χ3v) is 4.03. The molecule has 7 heteroatoms. The van der Waals surface area contributed by atoms with Gasteiger partial charge in [-0.2, -0.15) is 5.10 Å². The van der Waals surface area contributed by atoms with Gasteiger partial charge in [0.25, 0.3) is 0 Å². The van der Waals surface area contributed by atoms with E-state index in [4.69, 9.17) is 26.4 Å². The molecule has 0 unspecified atom stereocenters. The molecule has 0 saturated carbocycles. The second-order valence-corrected chi connectivity index (χ2v) is 6.09. The molecular formula is C18H27N3O3S. The van der Waals surface area contributed by atoms with Gasteiger partial charge in [0.15, 0.2) is 5.11 Å². The van der Waals surface area contributed by atoms with Crippen molar-refractivity contribution >= 4 is 23.0 Å². The van der Waals surface area contributed by atoms with Gasteiger partial charge in [0.05, 0.1) is 25.0 Å². The van der Waals surface area contributed by atoms with Gasteiger partial charge in [-0.1, -0.05) is 0 Å². The average Bonchev–Trinajstić information content (AvgIpc) is 3.13. The Morgan fingerprint density at radius 2 is 2.12 bits per heavy atom. The van der Waals surface area contributed by atoms with E-state index in [1.165, 1.54) is 0 Å². The lowest BCUT2D eigenvalue weighted by Crippen LogP contribution is -2.37. The molecule has 0 bridgehead atoms. The maximum atomic E-state index is 5.68. The summed E-state index contributed by atoms with van der Waals surface area (Å²) in [7, 11) is 0. The molecule has 1 fully saturated rings. The van der Waals surface area contributed by atoms with Gasteiger partial charge in [-0.15, -0.1) is 0 Å². The predicted molar refractivity (Wildman–Crippen MR) is 104 cm³/mol. The summed E-state index contributed by atoms with van der Waals surface area (Å²) in [5.74, 6) is 1.56. The Balaban J connectivity index is 1.98. The van der Waals surface area contributed by atoms with Crippen molar-refractivity contribution in [1.29, 1.82) is 0 Å². The van der Waals surface area contributed by atoms with Gasteiger partial charge in [0.2, 0.25) is 0 Å². The first-order chi connectivity index (χ1) is 12.1. The van der Waals surface area contributed by atoms with Crippen molar-refractivity contribution in [3.63, 3.8) is 0 Å². The largest absolute Gasteiger partial charge is 0.494 e. The first-order valence-electron chi connectivity index (χ1n) is 8.73. The van der Waals surface area contributed by atoms with E-state index >= 15 is 0 Å². The lowest BCUT2D eigenvalue weighted by atomic mass is 10.1. The molecule has 1 saturated heterocycles. The molecule has 1 aliphatic rings. The SMILES string of the molecule is CCOc1ccc(OCC)c(/C(C)=N\NC(=S)NC[C@H]2CCCO2)c1. The molecule has 0 aromatic heterocycles. The highest BCUT2D eigenvalue weighted by Crippen LogP contribution is 2.25. The predicted octanol–water partition coefficient (Wildman–Crippen LogP) is 2.85. The van der Waals surface area contributed by atoms with Crippen LogP contribution in [0.3, 0.4) is 0 Å². The van der Waals surface area contributed by atoms with Gasteiger partial charge in [-0.05, 0) is 64.0 Å². The molecule has 0 spiro atoms. The highest BCUT2D eigenvalue weighted by Gasteiger charge is 2.15. The van der Waals surface area contributed by atoms with Crippen LogP contribution in [0.4, 0.5) is 0 Å². The van der Waals surface area contributed by atoms with E-state index in [2.05, 4.69) is 15.8 Å². The van der Waals surface area contributed by atoms with Crippen molar-refractivity contribution in [2.24, 2.45) is 5.10 Å². The second-order valence-electron chi connectivity index (χ2n) is 5.68. The van der Waals surface area contributed by atoms with Crippen LogP contribution in [-0.2, 0) is 4.74 Å². The maximum absolute atomic E-state index is 5.68. The van der Waals surface area contributed by atoms with Crippen LogP contribution in [0.1, 0.15) is 39.2 Å². The molecule has 0 radical (unpaired) electrons. The zero-order valence-corrected chi connectivity index (χ0v) is 15.9. The van der Waals surface area contributed by atoms with Crippen LogP contribution >= 0.6 is 12.2 Å². The zero-order valence-electron chi connectivity index (χ0n) is 15.1. The molecule has 0 amide bonds. The Morgan fingerprint density at radius 1 is 1.32 bits per heavy atom. The molecule has 1 atom stereocenters. The van der Waals surface area contributed by atoms with Gasteiger partial charge in [0.1, 0.15) is 11.5 Å². The number of hydrazone groups is 1. The third-order valence-electron chi connectivity index (χ3n) is 3.79. The van der Waals surface area contributed by atoms with E-state index in [1.807, 2.05) is 39.0 Å². The Kier molecular flexibility index (Phi) is 7.94. The van der Waals surface area contributed by atoms with Crippen molar-refractivity contribution in [3.05, 3.63) is 23.8 Å². The number of rotatable bonds is 8. The maximum Gasteiger partial charge on any atom is 0.187 e. The van der Waals surface area contributed by atoms with Crippen LogP contribution in [0.15, 0.2) is 23.3 Å². The van der Waals surface area contributed by atoms with E-state index in [-0.39, 0.29) is 6.10 Å². The van der Waals surface area contributed by atoms with Crippen LogP contribution in [0, 0.1) is 0 Å². The molecule has 0 aliphatic carbocycles. The molecular weight excluding hydrogens is 338 g/mol. The molecule has 2 rings (SSSR count). The summed E-state index contributed by atoms with van der Waals surface area (Å²) in [6.07, 6.45) is 2.41. The summed E-state index contributed by atoms with van der Waals surface area (Å²) in [6, 6.07) is 5.72. The monoisotopic (exact) mass is 365 g/mol. The van der Waals surface area contributed by atoms with Crippen molar-refractivity contribution < 1.29 is 14.2 Å². The fraction of sp³-hybridized carbons (Fsp3) is 0.556. The minimum atomic E-state index is 0.234. The minimum Gasteiger partial charge on any atom is -0.494 e. The lowest BCUT2D eigenvalue weighted by Gasteiger charge is -2.14. The molecule has 1 aliphatic heterocycles. The van der Waals surface area contributed by atoms with Crippen LogP contribution in [0.5, 0.6) is 11.5 Å². The van der Waals surface area contributed by atoms with Gasteiger partial charge in [-0.3, -0.25) is 5.43 Å². The Bertz CT molecular complexity index is 601.